The minimum atomic E-state index is -0.145. The fraction of sp³-hybridized carbons (Fsp3) is 0.462. The van der Waals surface area contributed by atoms with E-state index in [9.17, 15) is 4.79 Å². The number of hydrogen-bond acceptors (Lipinski definition) is 4. The Morgan fingerprint density at radius 3 is 2.61 bits per heavy atom. The smallest absolute Gasteiger partial charge is 0.251 e. The van der Waals surface area contributed by atoms with Crippen molar-refractivity contribution in [3.63, 3.8) is 0 Å². The molecule has 1 heterocycles. The van der Waals surface area contributed by atoms with E-state index in [4.69, 9.17) is 16.2 Å². The zero-order valence-electron chi connectivity index (χ0n) is 10.5. The van der Waals surface area contributed by atoms with Gasteiger partial charge in [0.25, 0.3) is 5.91 Å². The van der Waals surface area contributed by atoms with E-state index < -0.39 is 0 Å². The molecule has 5 heteroatoms. The third-order valence-corrected chi connectivity index (χ3v) is 3.27. The Morgan fingerprint density at radius 1 is 1.39 bits per heavy atom. The van der Waals surface area contributed by atoms with Gasteiger partial charge in [-0.15, -0.1) is 0 Å². The lowest BCUT2D eigenvalue weighted by atomic mass is 10.0. The van der Waals surface area contributed by atoms with Crippen molar-refractivity contribution in [3.8, 4) is 0 Å². The molecule has 1 saturated heterocycles. The van der Waals surface area contributed by atoms with Crippen LogP contribution in [-0.4, -0.2) is 25.2 Å². The monoisotopic (exact) mass is 249 g/mol. The van der Waals surface area contributed by atoms with Gasteiger partial charge in [0.2, 0.25) is 0 Å². The van der Waals surface area contributed by atoms with Crippen molar-refractivity contribution in [1.82, 2.24) is 5.32 Å². The number of carbonyl (C=O) groups excluding carboxylic acids is 1. The molecule has 1 aliphatic heterocycles. The van der Waals surface area contributed by atoms with E-state index in [1.807, 2.05) is 6.92 Å². The summed E-state index contributed by atoms with van der Waals surface area (Å²) in [5, 5.41) is 2.96. The van der Waals surface area contributed by atoms with E-state index in [2.05, 4.69) is 5.32 Å². The summed E-state index contributed by atoms with van der Waals surface area (Å²) < 4.78 is 5.31. The molecule has 0 bridgehead atoms. The van der Waals surface area contributed by atoms with Gasteiger partial charge in [-0.3, -0.25) is 4.79 Å². The van der Waals surface area contributed by atoms with Gasteiger partial charge in [0.15, 0.2) is 0 Å². The lowest BCUT2D eigenvalue weighted by Crippen LogP contribution is -2.38. The first-order valence-corrected chi connectivity index (χ1v) is 6.11. The quantitative estimate of drug-likeness (QED) is 0.697. The van der Waals surface area contributed by atoms with Crippen molar-refractivity contribution in [2.24, 2.45) is 5.92 Å². The molecule has 0 radical (unpaired) electrons. The number of anilines is 2. The molecule has 2 atom stereocenters. The van der Waals surface area contributed by atoms with Crippen LogP contribution in [0.25, 0.3) is 0 Å². The Morgan fingerprint density at radius 2 is 2.06 bits per heavy atom. The third-order valence-electron chi connectivity index (χ3n) is 3.27. The number of nitrogens with one attached hydrogen (secondary N) is 1. The first kappa shape index (κ1) is 12.7. The Labute approximate surface area is 106 Å². The number of amides is 1. The van der Waals surface area contributed by atoms with Gasteiger partial charge in [0.1, 0.15) is 0 Å². The van der Waals surface area contributed by atoms with Gasteiger partial charge in [-0.2, -0.15) is 0 Å². The number of ether oxygens (including phenoxy) is 1. The largest absolute Gasteiger partial charge is 0.399 e. The molecule has 5 nitrogen and oxygen atoms in total. The first-order valence-electron chi connectivity index (χ1n) is 6.11. The fourth-order valence-corrected chi connectivity index (χ4v) is 2.16. The number of hydrogen-bond donors (Lipinski definition) is 3. The summed E-state index contributed by atoms with van der Waals surface area (Å²) in [5.41, 5.74) is 12.8. The van der Waals surface area contributed by atoms with Crippen LogP contribution >= 0.6 is 0 Å². The van der Waals surface area contributed by atoms with Crippen LogP contribution in [0, 0.1) is 5.92 Å². The molecule has 0 saturated carbocycles. The average Bonchev–Trinajstić information content (AvgIpc) is 2.80. The summed E-state index contributed by atoms with van der Waals surface area (Å²) in [5.74, 6) is 0.237. The van der Waals surface area contributed by atoms with Gasteiger partial charge < -0.3 is 21.5 Å². The zero-order chi connectivity index (χ0) is 13.1. The molecule has 1 aromatic rings. The van der Waals surface area contributed by atoms with E-state index >= 15 is 0 Å². The summed E-state index contributed by atoms with van der Waals surface area (Å²) in [6.45, 7) is 3.48. The van der Waals surface area contributed by atoms with Gasteiger partial charge >= 0.3 is 0 Å². The fourth-order valence-electron chi connectivity index (χ4n) is 2.16. The first-order chi connectivity index (χ1) is 8.56. The number of carbonyl (C=O) groups is 1. The van der Waals surface area contributed by atoms with E-state index in [-0.39, 0.29) is 11.9 Å². The highest BCUT2D eigenvalue weighted by Crippen LogP contribution is 2.18. The zero-order valence-corrected chi connectivity index (χ0v) is 10.5. The highest BCUT2D eigenvalue weighted by molar-refractivity contribution is 5.96. The lowest BCUT2D eigenvalue weighted by Gasteiger charge is -2.19. The van der Waals surface area contributed by atoms with Gasteiger partial charge in [0.05, 0.1) is 6.61 Å². The van der Waals surface area contributed by atoms with Crippen molar-refractivity contribution < 1.29 is 9.53 Å². The Balaban J connectivity index is 2.02. The van der Waals surface area contributed by atoms with Crippen molar-refractivity contribution in [3.05, 3.63) is 23.8 Å². The van der Waals surface area contributed by atoms with Crippen LogP contribution in [0.3, 0.4) is 0 Å². The molecule has 0 aliphatic carbocycles. The normalized spacial score (nSPS) is 20.6. The van der Waals surface area contributed by atoms with E-state index in [1.54, 1.807) is 18.2 Å². The molecular weight excluding hydrogens is 230 g/mol. The summed E-state index contributed by atoms with van der Waals surface area (Å²) in [6, 6.07) is 4.97. The molecule has 2 unspecified atom stereocenters. The molecule has 1 aliphatic rings. The van der Waals surface area contributed by atoms with Crippen molar-refractivity contribution >= 4 is 17.3 Å². The SMILES string of the molecule is CC(NC(=O)c1cc(N)cc(N)c1)C1CCOC1. The standard InChI is InChI=1S/C13H19N3O2/c1-8(9-2-3-18-7-9)16-13(17)10-4-11(14)6-12(15)5-10/h4-6,8-9H,2-3,7,14-15H2,1H3,(H,16,17). The van der Waals surface area contributed by atoms with Crippen LogP contribution in [0.5, 0.6) is 0 Å². The summed E-state index contributed by atoms with van der Waals surface area (Å²) in [6.07, 6.45) is 0.987. The molecule has 1 aromatic carbocycles. The van der Waals surface area contributed by atoms with Crippen molar-refractivity contribution in [2.75, 3.05) is 24.7 Å². The van der Waals surface area contributed by atoms with E-state index in [1.165, 1.54) is 0 Å². The second-order valence-corrected chi connectivity index (χ2v) is 4.77. The third kappa shape index (κ3) is 2.92. The average molecular weight is 249 g/mol. The van der Waals surface area contributed by atoms with Crippen molar-refractivity contribution in [1.29, 1.82) is 0 Å². The summed E-state index contributed by atoms with van der Waals surface area (Å²) in [7, 11) is 0. The molecule has 1 amide bonds. The van der Waals surface area contributed by atoms with Crippen LogP contribution in [0.15, 0.2) is 18.2 Å². The molecule has 2 rings (SSSR count). The predicted molar refractivity (Wildman–Crippen MR) is 71.1 cm³/mol. The Kier molecular flexibility index (Phi) is 3.72. The van der Waals surface area contributed by atoms with E-state index in [0.717, 1.165) is 13.0 Å². The Bertz CT molecular complexity index is 422. The van der Waals surface area contributed by atoms with Gasteiger partial charge in [-0.05, 0) is 31.5 Å². The molecule has 5 N–H and O–H groups in total. The van der Waals surface area contributed by atoms with Gasteiger partial charge in [0, 0.05) is 35.5 Å². The molecule has 18 heavy (non-hydrogen) atoms. The van der Waals surface area contributed by atoms with Crippen molar-refractivity contribution in [2.45, 2.75) is 19.4 Å². The molecule has 1 fully saturated rings. The predicted octanol–water partition coefficient (Wildman–Crippen LogP) is 1.01. The summed E-state index contributed by atoms with van der Waals surface area (Å²) in [4.78, 5) is 12.1. The molecule has 0 aromatic heterocycles. The second-order valence-electron chi connectivity index (χ2n) is 4.77. The summed E-state index contributed by atoms with van der Waals surface area (Å²) >= 11 is 0. The minimum Gasteiger partial charge on any atom is -0.399 e. The number of benzene rings is 1. The van der Waals surface area contributed by atoms with Crippen LogP contribution in [0.2, 0.25) is 0 Å². The number of rotatable bonds is 3. The van der Waals surface area contributed by atoms with Crippen LogP contribution in [0.4, 0.5) is 11.4 Å². The minimum absolute atomic E-state index is 0.0858. The number of nitrogen functional groups attached to an aromatic ring is 2. The number of nitrogens with two attached hydrogens (primary N) is 2. The van der Waals surface area contributed by atoms with Crippen LogP contribution in [0.1, 0.15) is 23.7 Å². The highest BCUT2D eigenvalue weighted by atomic mass is 16.5. The second kappa shape index (κ2) is 5.27. The molecule has 0 spiro atoms. The van der Waals surface area contributed by atoms with Gasteiger partial charge in [-0.1, -0.05) is 0 Å². The van der Waals surface area contributed by atoms with Gasteiger partial charge in [-0.25, -0.2) is 0 Å². The molecule has 98 valence electrons. The maximum Gasteiger partial charge on any atom is 0.251 e. The van der Waals surface area contributed by atoms with E-state index in [0.29, 0.717) is 29.5 Å². The topological polar surface area (TPSA) is 90.4 Å². The highest BCUT2D eigenvalue weighted by Gasteiger charge is 2.23. The Hall–Kier alpha value is -1.75. The van der Waals surface area contributed by atoms with Crippen LogP contribution in [-0.2, 0) is 4.74 Å². The van der Waals surface area contributed by atoms with Crippen LogP contribution < -0.4 is 16.8 Å². The molecular formula is C13H19N3O2. The lowest BCUT2D eigenvalue weighted by molar-refractivity contribution is 0.0922. The maximum absolute atomic E-state index is 12.1. The maximum atomic E-state index is 12.1.